The number of hydrogen-bond acceptors (Lipinski definition) is 2. The summed E-state index contributed by atoms with van der Waals surface area (Å²) >= 11 is 6.25. The van der Waals surface area contributed by atoms with Crippen LogP contribution in [0, 0.1) is 0 Å². The van der Waals surface area contributed by atoms with E-state index in [1.807, 2.05) is 63.5 Å². The average molecular weight is 374 g/mol. The molecule has 0 spiro atoms. The molecule has 5 heteroatoms. The molecule has 140 valence electrons. The van der Waals surface area contributed by atoms with E-state index >= 15 is 0 Å². The van der Waals surface area contributed by atoms with Crippen LogP contribution < -0.4 is 5.32 Å². The van der Waals surface area contributed by atoms with Crippen LogP contribution in [0.1, 0.15) is 30.5 Å². The number of urea groups is 1. The number of nitrogens with one attached hydrogen (secondary N) is 1. The van der Waals surface area contributed by atoms with Crippen molar-refractivity contribution in [1.29, 1.82) is 0 Å². The molecule has 0 saturated carbocycles. The van der Waals surface area contributed by atoms with Gasteiger partial charge >= 0.3 is 6.03 Å². The zero-order chi connectivity index (χ0) is 18.9. The molecule has 1 N–H and O–H groups in total. The first-order chi connectivity index (χ1) is 12.5. The van der Waals surface area contributed by atoms with E-state index in [4.69, 9.17) is 11.6 Å². The lowest BCUT2D eigenvalue weighted by atomic mass is 10.0. The maximum absolute atomic E-state index is 12.9. The molecule has 0 aliphatic rings. The summed E-state index contributed by atoms with van der Waals surface area (Å²) in [7, 11) is 4.08. The van der Waals surface area contributed by atoms with Gasteiger partial charge in [0.15, 0.2) is 0 Å². The largest absolute Gasteiger partial charge is 0.331 e. The van der Waals surface area contributed by atoms with Crippen molar-refractivity contribution in [2.24, 2.45) is 0 Å². The van der Waals surface area contributed by atoms with E-state index in [9.17, 15) is 4.79 Å². The van der Waals surface area contributed by atoms with E-state index in [1.165, 1.54) is 0 Å². The van der Waals surface area contributed by atoms with Crippen molar-refractivity contribution in [2.45, 2.75) is 25.9 Å². The van der Waals surface area contributed by atoms with E-state index in [2.05, 4.69) is 22.3 Å². The molecule has 1 atom stereocenters. The molecule has 4 nitrogen and oxygen atoms in total. The van der Waals surface area contributed by atoms with Crippen LogP contribution in [-0.2, 0) is 6.54 Å². The van der Waals surface area contributed by atoms with Crippen LogP contribution >= 0.6 is 11.6 Å². The lowest BCUT2D eigenvalue weighted by molar-refractivity contribution is 0.192. The highest BCUT2D eigenvalue weighted by Gasteiger charge is 2.19. The summed E-state index contributed by atoms with van der Waals surface area (Å²) < 4.78 is 0. The third kappa shape index (κ3) is 6.04. The first-order valence-electron chi connectivity index (χ1n) is 8.99. The maximum Gasteiger partial charge on any atom is 0.318 e. The Hall–Kier alpha value is -2.04. The molecule has 0 saturated heterocycles. The highest BCUT2D eigenvalue weighted by Crippen LogP contribution is 2.20. The van der Waals surface area contributed by atoms with Gasteiger partial charge in [-0.3, -0.25) is 0 Å². The molecule has 0 fully saturated rings. The molecule has 0 aliphatic heterocycles. The van der Waals surface area contributed by atoms with Crippen molar-refractivity contribution in [2.75, 3.05) is 27.2 Å². The Morgan fingerprint density at radius 3 is 2.35 bits per heavy atom. The number of carbonyl (C=O) groups is 1. The van der Waals surface area contributed by atoms with Gasteiger partial charge in [0.25, 0.3) is 0 Å². The van der Waals surface area contributed by atoms with E-state index in [0.717, 1.165) is 24.1 Å². The van der Waals surface area contributed by atoms with Gasteiger partial charge in [0, 0.05) is 18.1 Å². The zero-order valence-corrected chi connectivity index (χ0v) is 16.5. The zero-order valence-electron chi connectivity index (χ0n) is 15.8. The molecule has 0 radical (unpaired) electrons. The fraction of sp³-hybridized carbons (Fsp3) is 0.381. The van der Waals surface area contributed by atoms with Gasteiger partial charge < -0.3 is 15.1 Å². The van der Waals surface area contributed by atoms with Crippen LogP contribution in [0.4, 0.5) is 4.79 Å². The number of nitrogens with zero attached hydrogens (tertiary/aromatic N) is 2. The molecule has 2 aromatic carbocycles. The third-order valence-corrected chi connectivity index (χ3v) is 4.72. The van der Waals surface area contributed by atoms with Crippen molar-refractivity contribution in [1.82, 2.24) is 15.1 Å². The van der Waals surface area contributed by atoms with Crippen molar-refractivity contribution < 1.29 is 4.79 Å². The monoisotopic (exact) mass is 373 g/mol. The van der Waals surface area contributed by atoms with Gasteiger partial charge in [-0.15, -0.1) is 0 Å². The summed E-state index contributed by atoms with van der Waals surface area (Å²) in [5, 5.41) is 3.88. The Morgan fingerprint density at radius 1 is 1.08 bits per heavy atom. The van der Waals surface area contributed by atoms with Gasteiger partial charge in [-0.1, -0.05) is 60.1 Å². The fourth-order valence-corrected chi connectivity index (χ4v) is 2.99. The van der Waals surface area contributed by atoms with E-state index < -0.39 is 0 Å². The summed E-state index contributed by atoms with van der Waals surface area (Å²) in [6.45, 7) is 3.99. The molecular weight excluding hydrogens is 346 g/mol. The summed E-state index contributed by atoms with van der Waals surface area (Å²) in [5.41, 5.74) is 2.08. The molecule has 26 heavy (non-hydrogen) atoms. The lowest BCUT2D eigenvalue weighted by Gasteiger charge is -2.27. The summed E-state index contributed by atoms with van der Waals surface area (Å²) in [4.78, 5) is 16.8. The summed E-state index contributed by atoms with van der Waals surface area (Å²) in [6, 6.07) is 17.7. The smallest absolute Gasteiger partial charge is 0.318 e. The van der Waals surface area contributed by atoms with Crippen LogP contribution in [0.25, 0.3) is 0 Å². The minimum Gasteiger partial charge on any atom is -0.331 e. The molecule has 0 aliphatic carbocycles. The molecule has 2 amide bonds. The minimum atomic E-state index is -0.0694. The van der Waals surface area contributed by atoms with Crippen molar-refractivity contribution in [3.8, 4) is 0 Å². The highest BCUT2D eigenvalue weighted by molar-refractivity contribution is 6.31. The van der Waals surface area contributed by atoms with Crippen molar-refractivity contribution in [3.05, 3.63) is 70.7 Å². The minimum absolute atomic E-state index is 0.0219. The van der Waals surface area contributed by atoms with Crippen LogP contribution in [-0.4, -0.2) is 43.0 Å². The quantitative estimate of drug-likeness (QED) is 0.736. The SMILES string of the molecule is CCN(Cc1ccccc1Cl)C(=O)N[C@H](CCN(C)C)c1ccccc1. The van der Waals surface area contributed by atoms with Crippen molar-refractivity contribution in [3.63, 3.8) is 0 Å². The fourth-order valence-electron chi connectivity index (χ4n) is 2.79. The van der Waals surface area contributed by atoms with Crippen molar-refractivity contribution >= 4 is 17.6 Å². The Labute approximate surface area is 161 Å². The molecule has 0 unspecified atom stereocenters. The third-order valence-electron chi connectivity index (χ3n) is 4.35. The number of benzene rings is 2. The van der Waals surface area contributed by atoms with E-state index in [0.29, 0.717) is 18.1 Å². The first kappa shape index (κ1) is 20.3. The second kappa shape index (κ2) is 10.2. The Kier molecular flexibility index (Phi) is 7.95. The first-order valence-corrected chi connectivity index (χ1v) is 9.37. The Balaban J connectivity index is 2.09. The number of halogens is 1. The molecule has 0 aromatic heterocycles. The molecule has 0 bridgehead atoms. The van der Waals surface area contributed by atoms with Gasteiger partial charge in [-0.2, -0.15) is 0 Å². The van der Waals surface area contributed by atoms with Gasteiger partial charge in [-0.05, 0) is 51.2 Å². The molecule has 2 rings (SSSR count). The number of amides is 2. The van der Waals surface area contributed by atoms with E-state index in [1.54, 1.807) is 4.90 Å². The van der Waals surface area contributed by atoms with E-state index in [-0.39, 0.29) is 12.1 Å². The average Bonchev–Trinajstić information content (AvgIpc) is 2.64. The topological polar surface area (TPSA) is 35.6 Å². The number of hydrogen-bond donors (Lipinski definition) is 1. The van der Waals surface area contributed by atoms with Crippen LogP contribution in [0.15, 0.2) is 54.6 Å². The van der Waals surface area contributed by atoms with Crippen LogP contribution in [0.5, 0.6) is 0 Å². The summed E-state index contributed by atoms with van der Waals surface area (Å²) in [6.07, 6.45) is 0.854. The highest BCUT2D eigenvalue weighted by atomic mass is 35.5. The second-order valence-corrected chi connectivity index (χ2v) is 7.02. The van der Waals surface area contributed by atoms with Crippen LogP contribution in [0.3, 0.4) is 0 Å². The van der Waals surface area contributed by atoms with Gasteiger partial charge in [0.1, 0.15) is 0 Å². The Bertz CT molecular complexity index is 691. The normalized spacial score (nSPS) is 12.0. The lowest BCUT2D eigenvalue weighted by Crippen LogP contribution is -2.41. The second-order valence-electron chi connectivity index (χ2n) is 6.61. The van der Waals surface area contributed by atoms with Gasteiger partial charge in [0.2, 0.25) is 0 Å². The maximum atomic E-state index is 12.9. The number of rotatable bonds is 8. The van der Waals surface area contributed by atoms with Crippen LogP contribution in [0.2, 0.25) is 5.02 Å². The van der Waals surface area contributed by atoms with Gasteiger partial charge in [0.05, 0.1) is 6.04 Å². The summed E-state index contributed by atoms with van der Waals surface area (Å²) in [5.74, 6) is 0. The molecule has 2 aromatic rings. The van der Waals surface area contributed by atoms with Gasteiger partial charge in [-0.25, -0.2) is 4.79 Å². The Morgan fingerprint density at radius 2 is 1.73 bits per heavy atom. The molecule has 0 heterocycles. The molecular formula is C21H28ClN3O. The standard InChI is InChI=1S/C21H28ClN3O/c1-4-25(16-18-12-8-9-13-19(18)22)21(26)23-20(14-15-24(2)3)17-10-6-5-7-11-17/h5-13,20H,4,14-16H2,1-3H3,(H,23,26)/t20-/m1/s1. The number of carbonyl (C=O) groups excluding carboxylic acids is 1. The predicted molar refractivity (Wildman–Crippen MR) is 108 cm³/mol. The predicted octanol–water partition coefficient (Wildman–Crippen LogP) is 4.56.